The van der Waals surface area contributed by atoms with Gasteiger partial charge < -0.3 is 9.64 Å². The Hall–Kier alpha value is -3.45. The van der Waals surface area contributed by atoms with Crippen molar-refractivity contribution in [2.45, 2.75) is 70.6 Å². The van der Waals surface area contributed by atoms with Crippen LogP contribution in [0.5, 0.6) is 0 Å². The number of alkyl halides is 6. The Balaban J connectivity index is 1.97. The molecular weight excluding hydrogens is 508 g/mol. The minimum absolute atomic E-state index is 0.0235. The van der Waals surface area contributed by atoms with Gasteiger partial charge in [0.1, 0.15) is 17.8 Å². The van der Waals surface area contributed by atoms with Crippen LogP contribution < -0.4 is 4.90 Å². The Morgan fingerprint density at radius 3 is 2.22 bits per heavy atom. The number of anilines is 1. The number of halogens is 6. The summed E-state index contributed by atoms with van der Waals surface area (Å²) in [4.78, 5) is 38.2. The van der Waals surface area contributed by atoms with Crippen LogP contribution in [0, 0.1) is 0 Å². The summed E-state index contributed by atoms with van der Waals surface area (Å²) in [5.74, 6) is -2.26. The summed E-state index contributed by atoms with van der Waals surface area (Å²) >= 11 is 0. The molecule has 1 saturated heterocycles. The smallest absolute Gasteiger partial charge is 0.444 e. The van der Waals surface area contributed by atoms with Crippen molar-refractivity contribution in [3.8, 4) is 11.3 Å². The Kier molecular flexibility index (Phi) is 7.70. The molecule has 3 rings (SSSR count). The summed E-state index contributed by atoms with van der Waals surface area (Å²) in [6.45, 7) is 6.20. The molecule has 3 atom stereocenters. The summed E-state index contributed by atoms with van der Waals surface area (Å²) < 4.78 is 85.8. The predicted octanol–water partition coefficient (Wildman–Crippen LogP) is 5.19. The average Bonchev–Trinajstić information content (AvgIpc) is 3.10. The zero-order valence-corrected chi connectivity index (χ0v) is 20.6. The molecule has 0 aliphatic carbocycles. The summed E-state index contributed by atoms with van der Waals surface area (Å²) in [6.07, 6.45) is -8.31. The van der Waals surface area contributed by atoms with E-state index in [2.05, 4.69) is 15.0 Å². The molecule has 202 valence electrons. The molecule has 0 N–H and O–H groups in total. The molecule has 14 heteroatoms. The number of likely N-dealkylation sites (tertiary alicyclic amines) is 1. The van der Waals surface area contributed by atoms with Crippen molar-refractivity contribution in [3.63, 3.8) is 0 Å². The third-order valence-electron chi connectivity index (χ3n) is 5.68. The largest absolute Gasteiger partial charge is 0.451 e. The van der Waals surface area contributed by atoms with E-state index in [0.717, 1.165) is 34.5 Å². The maximum absolute atomic E-state index is 14.6. The quantitative estimate of drug-likeness (QED) is 0.503. The number of amides is 2. The fraction of sp³-hybridized carbons (Fsp3) is 0.522. The van der Waals surface area contributed by atoms with E-state index in [9.17, 15) is 35.9 Å². The van der Waals surface area contributed by atoms with Crippen LogP contribution in [-0.4, -0.2) is 62.8 Å². The maximum atomic E-state index is 14.6. The predicted molar refractivity (Wildman–Crippen MR) is 119 cm³/mol. The van der Waals surface area contributed by atoms with Crippen molar-refractivity contribution in [1.29, 1.82) is 0 Å². The van der Waals surface area contributed by atoms with Gasteiger partial charge in [-0.25, -0.2) is 27.9 Å². The topological polar surface area (TPSA) is 88.5 Å². The Morgan fingerprint density at radius 2 is 1.70 bits per heavy atom. The number of nitrogens with zero attached hydrogens (tertiary/aromatic N) is 5. The molecule has 1 aliphatic rings. The average molecular weight is 533 g/mol. The van der Waals surface area contributed by atoms with Gasteiger partial charge in [0.05, 0.1) is 23.0 Å². The molecule has 2 aromatic heterocycles. The van der Waals surface area contributed by atoms with Crippen LogP contribution in [-0.2, 0) is 15.7 Å². The zero-order valence-electron chi connectivity index (χ0n) is 20.6. The van der Waals surface area contributed by atoms with Crippen LogP contribution in [0.2, 0.25) is 0 Å². The minimum atomic E-state index is -4.78. The van der Waals surface area contributed by atoms with Crippen LogP contribution in [0.4, 0.5) is 36.8 Å². The van der Waals surface area contributed by atoms with Crippen molar-refractivity contribution in [1.82, 2.24) is 19.9 Å². The SMILES string of the molecule is C[C@H]1[C@H](F)C[C@@H](C(=O)N(C)c2cc(-c3cnc(C(F)(F)F)nc3)ncc2C(F)F)N1C(=O)OC(C)(C)C. The van der Waals surface area contributed by atoms with Crippen LogP contribution in [0.15, 0.2) is 24.7 Å². The van der Waals surface area contributed by atoms with Crippen molar-refractivity contribution in [3.05, 3.63) is 36.0 Å². The molecule has 8 nitrogen and oxygen atoms in total. The molecule has 0 radical (unpaired) electrons. The fourth-order valence-corrected chi connectivity index (χ4v) is 3.83. The van der Waals surface area contributed by atoms with E-state index in [4.69, 9.17) is 4.74 Å². The van der Waals surface area contributed by atoms with Gasteiger partial charge in [0.25, 0.3) is 6.43 Å². The maximum Gasteiger partial charge on any atom is 0.451 e. The van der Waals surface area contributed by atoms with E-state index in [1.165, 1.54) is 14.0 Å². The Labute approximate surface area is 208 Å². The second kappa shape index (κ2) is 10.1. The number of aromatic nitrogens is 3. The Bertz CT molecular complexity index is 1150. The molecule has 1 fully saturated rings. The lowest BCUT2D eigenvalue weighted by atomic mass is 10.1. The standard InChI is InChI=1S/C23H25F6N5O3/c1-11-14(24)6-17(34(11)21(36)37-22(2,3)4)19(35)33(5)16-7-15(30-10-13(16)18(25)26)12-8-31-20(32-9-12)23(27,28)29/h7-11,14,17-18H,6H2,1-5H3/t11-,14+,17-/m0/s1. The van der Waals surface area contributed by atoms with Crippen LogP contribution >= 0.6 is 0 Å². The van der Waals surface area contributed by atoms with Crippen LogP contribution in [0.3, 0.4) is 0 Å². The number of ether oxygens (including phenoxy) is 1. The lowest BCUT2D eigenvalue weighted by Crippen LogP contribution is -2.50. The van der Waals surface area contributed by atoms with Gasteiger partial charge in [0.2, 0.25) is 11.7 Å². The first kappa shape index (κ1) is 28.1. The first-order valence-corrected chi connectivity index (χ1v) is 11.1. The van der Waals surface area contributed by atoms with Crippen molar-refractivity contribution < 1.29 is 40.7 Å². The highest BCUT2D eigenvalue weighted by Gasteiger charge is 2.48. The lowest BCUT2D eigenvalue weighted by Gasteiger charge is -2.32. The highest BCUT2D eigenvalue weighted by atomic mass is 19.4. The van der Waals surface area contributed by atoms with Gasteiger partial charge in [0.15, 0.2) is 0 Å². The van der Waals surface area contributed by atoms with Crippen LogP contribution in [0.25, 0.3) is 11.3 Å². The second-order valence-electron chi connectivity index (χ2n) is 9.52. The number of carbonyl (C=O) groups is 2. The number of likely N-dealkylation sites (N-methyl/N-ethyl adjacent to an activating group) is 1. The fourth-order valence-electron chi connectivity index (χ4n) is 3.83. The molecular formula is C23H25F6N5O3. The van der Waals surface area contributed by atoms with Crippen molar-refractivity contribution in [2.24, 2.45) is 0 Å². The summed E-state index contributed by atoms with van der Waals surface area (Å²) in [5.41, 5.74) is -2.02. The van der Waals surface area contributed by atoms with Gasteiger partial charge in [0, 0.05) is 37.6 Å². The number of hydrogen-bond donors (Lipinski definition) is 0. The van der Waals surface area contributed by atoms with Crippen molar-refractivity contribution >= 4 is 17.7 Å². The normalized spacial score (nSPS) is 20.3. The monoisotopic (exact) mass is 533 g/mol. The van der Waals surface area contributed by atoms with Gasteiger partial charge in [-0.3, -0.25) is 14.7 Å². The zero-order chi connectivity index (χ0) is 27.9. The highest BCUT2D eigenvalue weighted by molar-refractivity contribution is 5.99. The molecule has 0 saturated carbocycles. The molecule has 2 aromatic rings. The van der Waals surface area contributed by atoms with E-state index in [1.807, 2.05) is 0 Å². The van der Waals surface area contributed by atoms with Gasteiger partial charge in [-0.15, -0.1) is 0 Å². The summed E-state index contributed by atoms with van der Waals surface area (Å²) in [5, 5.41) is 0. The summed E-state index contributed by atoms with van der Waals surface area (Å²) in [6, 6.07) is -1.29. The Morgan fingerprint density at radius 1 is 1.11 bits per heavy atom. The van der Waals surface area contributed by atoms with Gasteiger partial charge in [-0.1, -0.05) is 0 Å². The van der Waals surface area contributed by atoms with Gasteiger partial charge >= 0.3 is 12.3 Å². The molecule has 37 heavy (non-hydrogen) atoms. The first-order valence-electron chi connectivity index (χ1n) is 11.1. The molecule has 2 amide bonds. The summed E-state index contributed by atoms with van der Waals surface area (Å²) in [7, 11) is 1.17. The molecule has 1 aliphatic heterocycles. The highest BCUT2D eigenvalue weighted by Crippen LogP contribution is 2.35. The van der Waals surface area contributed by atoms with E-state index >= 15 is 0 Å². The van der Waals surface area contributed by atoms with Gasteiger partial charge in [-0.2, -0.15) is 13.2 Å². The molecule has 0 bridgehead atoms. The molecule has 3 heterocycles. The molecule has 0 aromatic carbocycles. The third kappa shape index (κ3) is 6.10. The van der Waals surface area contributed by atoms with E-state index < -0.39 is 59.8 Å². The number of hydrogen-bond acceptors (Lipinski definition) is 6. The molecule has 0 unspecified atom stereocenters. The van der Waals surface area contributed by atoms with E-state index in [-0.39, 0.29) is 23.4 Å². The van der Waals surface area contributed by atoms with E-state index in [1.54, 1.807) is 20.8 Å². The minimum Gasteiger partial charge on any atom is -0.444 e. The lowest BCUT2D eigenvalue weighted by molar-refractivity contribution is -0.145. The van der Waals surface area contributed by atoms with Crippen molar-refractivity contribution in [2.75, 3.05) is 11.9 Å². The van der Waals surface area contributed by atoms with E-state index in [0.29, 0.717) is 0 Å². The number of rotatable bonds is 4. The number of carbonyl (C=O) groups excluding carboxylic acids is 2. The molecule has 0 spiro atoms. The first-order chi connectivity index (χ1) is 17.0. The van der Waals surface area contributed by atoms with Gasteiger partial charge in [-0.05, 0) is 33.8 Å². The van der Waals surface area contributed by atoms with Crippen LogP contribution in [0.1, 0.15) is 51.9 Å². The number of pyridine rings is 1. The third-order valence-corrected chi connectivity index (χ3v) is 5.68. The second-order valence-corrected chi connectivity index (χ2v) is 9.52.